The van der Waals surface area contributed by atoms with Crippen LogP contribution in [0.15, 0.2) is 29.0 Å². The Morgan fingerprint density at radius 3 is 2.95 bits per heavy atom. The number of aryl methyl sites for hydroxylation is 2. The van der Waals surface area contributed by atoms with Crippen molar-refractivity contribution in [1.29, 1.82) is 0 Å². The zero-order valence-corrected chi connectivity index (χ0v) is 11.8. The first kappa shape index (κ1) is 13.3. The SMILES string of the molecule is Cc1nc2nc(CCNC(=O)c3ccco3)cn2nc1C. The highest BCUT2D eigenvalue weighted by atomic mass is 16.3. The second kappa shape index (κ2) is 5.35. The number of furan rings is 1. The zero-order chi connectivity index (χ0) is 14.8. The fourth-order valence-electron chi connectivity index (χ4n) is 1.94. The molecular weight excluding hydrogens is 270 g/mol. The number of hydrogen-bond donors (Lipinski definition) is 1. The highest BCUT2D eigenvalue weighted by Crippen LogP contribution is 2.05. The molecule has 0 spiro atoms. The van der Waals surface area contributed by atoms with Gasteiger partial charge >= 0.3 is 0 Å². The van der Waals surface area contributed by atoms with Crippen LogP contribution in [0.5, 0.6) is 0 Å². The summed E-state index contributed by atoms with van der Waals surface area (Å²) in [5, 5.41) is 7.15. The van der Waals surface area contributed by atoms with Gasteiger partial charge in [0, 0.05) is 13.0 Å². The summed E-state index contributed by atoms with van der Waals surface area (Å²) in [4.78, 5) is 20.5. The van der Waals surface area contributed by atoms with Crippen LogP contribution in [0.3, 0.4) is 0 Å². The third kappa shape index (κ3) is 2.76. The van der Waals surface area contributed by atoms with Gasteiger partial charge in [-0.3, -0.25) is 4.79 Å². The third-order valence-electron chi connectivity index (χ3n) is 3.18. The van der Waals surface area contributed by atoms with Gasteiger partial charge in [-0.25, -0.2) is 14.5 Å². The van der Waals surface area contributed by atoms with Gasteiger partial charge in [0.2, 0.25) is 0 Å². The fraction of sp³-hybridized carbons (Fsp3) is 0.286. The Labute approximate surface area is 121 Å². The van der Waals surface area contributed by atoms with Crippen molar-refractivity contribution < 1.29 is 9.21 Å². The maximum atomic E-state index is 11.7. The molecular formula is C14H15N5O2. The van der Waals surface area contributed by atoms with Crippen LogP contribution < -0.4 is 5.32 Å². The monoisotopic (exact) mass is 285 g/mol. The van der Waals surface area contributed by atoms with Gasteiger partial charge in [-0.05, 0) is 26.0 Å². The van der Waals surface area contributed by atoms with E-state index in [1.54, 1.807) is 16.6 Å². The van der Waals surface area contributed by atoms with E-state index < -0.39 is 0 Å². The standard InChI is InChI=1S/C14H15N5O2/c1-9-10(2)18-19-8-11(17-14(19)16-9)5-6-15-13(20)12-4-3-7-21-12/h3-4,7-8H,5-6H2,1-2H3,(H,15,20). The molecule has 1 amide bonds. The average molecular weight is 285 g/mol. The van der Waals surface area contributed by atoms with Gasteiger partial charge in [0.05, 0.1) is 29.5 Å². The van der Waals surface area contributed by atoms with E-state index in [1.807, 2.05) is 20.0 Å². The average Bonchev–Trinajstić information content (AvgIpc) is 3.08. The summed E-state index contributed by atoms with van der Waals surface area (Å²) < 4.78 is 6.68. The van der Waals surface area contributed by atoms with Crippen molar-refractivity contribution in [2.24, 2.45) is 0 Å². The van der Waals surface area contributed by atoms with E-state index in [9.17, 15) is 4.79 Å². The second-order valence-corrected chi connectivity index (χ2v) is 4.74. The van der Waals surface area contributed by atoms with Crippen molar-refractivity contribution in [2.45, 2.75) is 20.3 Å². The van der Waals surface area contributed by atoms with Gasteiger partial charge in [-0.15, -0.1) is 0 Å². The molecule has 1 N–H and O–H groups in total. The van der Waals surface area contributed by atoms with Crippen molar-refractivity contribution in [1.82, 2.24) is 24.9 Å². The fourth-order valence-corrected chi connectivity index (χ4v) is 1.94. The Balaban J connectivity index is 1.64. The van der Waals surface area contributed by atoms with Crippen LogP contribution in [-0.4, -0.2) is 32.0 Å². The molecule has 0 aliphatic carbocycles. The number of fused-ring (bicyclic) bond motifs is 1. The van der Waals surface area contributed by atoms with Crippen LogP contribution in [0.4, 0.5) is 0 Å². The second-order valence-electron chi connectivity index (χ2n) is 4.74. The summed E-state index contributed by atoms with van der Waals surface area (Å²) in [6.45, 7) is 4.28. The molecule has 3 aromatic heterocycles. The minimum absolute atomic E-state index is 0.230. The van der Waals surface area contributed by atoms with Crippen LogP contribution in [0, 0.1) is 13.8 Å². The van der Waals surface area contributed by atoms with Crippen molar-refractivity contribution in [3.05, 3.63) is 47.4 Å². The van der Waals surface area contributed by atoms with Crippen LogP contribution in [0.1, 0.15) is 27.6 Å². The summed E-state index contributed by atoms with van der Waals surface area (Å²) in [5.41, 5.74) is 2.57. The maximum absolute atomic E-state index is 11.7. The smallest absolute Gasteiger partial charge is 0.286 e. The molecule has 7 nitrogen and oxygen atoms in total. The van der Waals surface area contributed by atoms with Crippen LogP contribution in [0.2, 0.25) is 0 Å². The first-order chi connectivity index (χ1) is 10.1. The topological polar surface area (TPSA) is 85.3 Å². The molecule has 0 radical (unpaired) electrons. The predicted molar refractivity (Wildman–Crippen MR) is 75.0 cm³/mol. The number of aromatic nitrogens is 4. The number of rotatable bonds is 4. The van der Waals surface area contributed by atoms with Crippen molar-refractivity contribution in [3.63, 3.8) is 0 Å². The predicted octanol–water partition coefficient (Wildman–Crippen LogP) is 1.31. The van der Waals surface area contributed by atoms with Crippen LogP contribution >= 0.6 is 0 Å². The lowest BCUT2D eigenvalue weighted by Crippen LogP contribution is -2.25. The molecule has 21 heavy (non-hydrogen) atoms. The molecule has 0 aliphatic rings. The largest absolute Gasteiger partial charge is 0.459 e. The van der Waals surface area contributed by atoms with Crippen LogP contribution in [-0.2, 0) is 6.42 Å². The van der Waals surface area contributed by atoms with Crippen molar-refractivity contribution >= 4 is 11.7 Å². The number of nitrogens with zero attached hydrogens (tertiary/aromatic N) is 4. The van der Waals surface area contributed by atoms with Crippen LogP contribution in [0.25, 0.3) is 5.78 Å². The molecule has 3 aromatic rings. The highest BCUT2D eigenvalue weighted by Gasteiger charge is 2.09. The third-order valence-corrected chi connectivity index (χ3v) is 3.18. The van der Waals surface area contributed by atoms with Gasteiger partial charge in [-0.2, -0.15) is 5.10 Å². The number of hydrogen-bond acceptors (Lipinski definition) is 5. The quantitative estimate of drug-likeness (QED) is 0.781. The summed E-state index contributed by atoms with van der Waals surface area (Å²) in [6.07, 6.45) is 3.91. The number of carbonyl (C=O) groups is 1. The van der Waals surface area contributed by atoms with Gasteiger partial charge in [0.1, 0.15) is 0 Å². The summed E-state index contributed by atoms with van der Waals surface area (Å²) in [7, 11) is 0. The van der Waals surface area contributed by atoms with Gasteiger partial charge in [-0.1, -0.05) is 0 Å². The molecule has 108 valence electrons. The van der Waals surface area contributed by atoms with Gasteiger partial charge in [0.25, 0.3) is 11.7 Å². The van der Waals surface area contributed by atoms with Crippen molar-refractivity contribution in [3.8, 4) is 0 Å². The highest BCUT2D eigenvalue weighted by molar-refractivity contribution is 5.91. The number of nitrogens with one attached hydrogen (secondary N) is 1. The van der Waals surface area contributed by atoms with Gasteiger partial charge < -0.3 is 9.73 Å². The van der Waals surface area contributed by atoms with E-state index in [2.05, 4.69) is 20.4 Å². The zero-order valence-electron chi connectivity index (χ0n) is 11.8. The molecule has 0 saturated heterocycles. The number of amides is 1. The first-order valence-corrected chi connectivity index (χ1v) is 6.64. The minimum Gasteiger partial charge on any atom is -0.459 e. The number of imidazole rings is 1. The molecule has 7 heteroatoms. The van der Waals surface area contributed by atoms with E-state index in [1.165, 1.54) is 6.26 Å². The molecule has 0 bridgehead atoms. The maximum Gasteiger partial charge on any atom is 0.286 e. The molecule has 3 heterocycles. The molecule has 0 fully saturated rings. The molecule has 0 aliphatic heterocycles. The van der Waals surface area contributed by atoms with E-state index in [4.69, 9.17) is 4.42 Å². The normalized spacial score (nSPS) is 11.0. The lowest BCUT2D eigenvalue weighted by atomic mass is 10.3. The first-order valence-electron chi connectivity index (χ1n) is 6.64. The minimum atomic E-state index is -0.230. The lowest BCUT2D eigenvalue weighted by molar-refractivity contribution is 0.0926. The summed E-state index contributed by atoms with van der Waals surface area (Å²) >= 11 is 0. The Bertz CT molecular complexity index is 737. The summed E-state index contributed by atoms with van der Waals surface area (Å²) in [5.74, 6) is 0.650. The summed E-state index contributed by atoms with van der Waals surface area (Å²) in [6, 6.07) is 3.30. The van der Waals surface area contributed by atoms with Gasteiger partial charge in [0.15, 0.2) is 5.76 Å². The van der Waals surface area contributed by atoms with E-state index in [-0.39, 0.29) is 5.91 Å². The Kier molecular flexibility index (Phi) is 3.39. The molecule has 3 rings (SSSR count). The van der Waals surface area contributed by atoms with E-state index in [0.29, 0.717) is 24.5 Å². The van der Waals surface area contributed by atoms with E-state index >= 15 is 0 Å². The molecule has 0 saturated carbocycles. The Morgan fingerprint density at radius 1 is 1.33 bits per heavy atom. The van der Waals surface area contributed by atoms with E-state index in [0.717, 1.165) is 17.1 Å². The number of carbonyl (C=O) groups excluding carboxylic acids is 1. The molecule has 0 aromatic carbocycles. The van der Waals surface area contributed by atoms with Crippen molar-refractivity contribution in [2.75, 3.05) is 6.54 Å². The lowest BCUT2D eigenvalue weighted by Gasteiger charge is -2.00. The molecule has 0 unspecified atom stereocenters. The Morgan fingerprint density at radius 2 is 2.19 bits per heavy atom. The molecule has 0 atom stereocenters. The Hall–Kier alpha value is -2.70.